The molecular formula is C13H20O4. The van der Waals surface area contributed by atoms with Gasteiger partial charge in [-0.1, -0.05) is 12.8 Å². The maximum absolute atomic E-state index is 12.1. The fraction of sp³-hybridized carbons (Fsp3) is 0.846. The summed E-state index contributed by atoms with van der Waals surface area (Å²) in [5, 5.41) is 0. The zero-order valence-corrected chi connectivity index (χ0v) is 10.6. The number of hydrogen-bond acceptors (Lipinski definition) is 4. The van der Waals surface area contributed by atoms with Crippen LogP contribution in [0.15, 0.2) is 0 Å². The first-order chi connectivity index (χ1) is 8.08. The van der Waals surface area contributed by atoms with E-state index >= 15 is 0 Å². The molecule has 2 fully saturated rings. The van der Waals surface area contributed by atoms with Crippen molar-refractivity contribution in [1.82, 2.24) is 0 Å². The van der Waals surface area contributed by atoms with Gasteiger partial charge in [-0.25, -0.2) is 0 Å². The topological polar surface area (TPSA) is 52.6 Å². The molecule has 0 unspecified atom stereocenters. The molecule has 0 N–H and O–H groups in total. The molecule has 2 aliphatic carbocycles. The van der Waals surface area contributed by atoms with Gasteiger partial charge in [0.25, 0.3) is 0 Å². The molecule has 0 aromatic rings. The molecule has 0 aromatic heterocycles. The van der Waals surface area contributed by atoms with Gasteiger partial charge in [-0.3, -0.25) is 9.59 Å². The van der Waals surface area contributed by atoms with Crippen LogP contribution in [0.3, 0.4) is 0 Å². The lowest BCUT2D eigenvalue weighted by atomic mass is 9.50. The lowest BCUT2D eigenvalue weighted by Crippen LogP contribution is -2.56. The smallest absolute Gasteiger partial charge is 0.319 e. The van der Waals surface area contributed by atoms with Crippen molar-refractivity contribution in [2.75, 3.05) is 20.8 Å². The van der Waals surface area contributed by atoms with Crippen molar-refractivity contribution in [3.63, 3.8) is 0 Å². The molecule has 0 aliphatic heterocycles. The van der Waals surface area contributed by atoms with Crippen molar-refractivity contribution in [2.24, 2.45) is 10.8 Å². The Hall–Kier alpha value is -0.900. The molecule has 0 heterocycles. The van der Waals surface area contributed by atoms with E-state index in [-0.39, 0.29) is 23.8 Å². The van der Waals surface area contributed by atoms with Gasteiger partial charge in [0.1, 0.15) is 12.0 Å². The minimum absolute atomic E-state index is 0.00514. The minimum Gasteiger partial charge on any atom is -0.468 e. The van der Waals surface area contributed by atoms with Crippen LogP contribution in [0.2, 0.25) is 0 Å². The van der Waals surface area contributed by atoms with Crippen LogP contribution in [-0.4, -0.2) is 32.6 Å². The summed E-state index contributed by atoms with van der Waals surface area (Å²) in [6.07, 6.45) is 6.05. The van der Waals surface area contributed by atoms with Gasteiger partial charge >= 0.3 is 5.97 Å². The van der Waals surface area contributed by atoms with Crippen LogP contribution in [-0.2, 0) is 19.1 Å². The molecule has 0 aromatic carbocycles. The van der Waals surface area contributed by atoms with E-state index in [1.807, 2.05) is 0 Å². The molecule has 4 heteroatoms. The van der Waals surface area contributed by atoms with Crippen molar-refractivity contribution >= 4 is 11.8 Å². The van der Waals surface area contributed by atoms with E-state index in [2.05, 4.69) is 0 Å². The van der Waals surface area contributed by atoms with Crippen molar-refractivity contribution < 1.29 is 19.1 Å². The average molecular weight is 240 g/mol. The van der Waals surface area contributed by atoms with Crippen LogP contribution < -0.4 is 0 Å². The Morgan fingerprint density at radius 3 is 2.18 bits per heavy atom. The molecule has 17 heavy (non-hydrogen) atoms. The third-order valence-electron chi connectivity index (χ3n) is 4.40. The summed E-state index contributed by atoms with van der Waals surface area (Å²) in [5.41, 5.74) is -0.674. The summed E-state index contributed by atoms with van der Waals surface area (Å²) in [7, 11) is 2.83. The molecule has 0 radical (unpaired) electrons. The molecule has 96 valence electrons. The molecule has 0 atom stereocenters. The van der Waals surface area contributed by atoms with Gasteiger partial charge in [-0.05, 0) is 31.1 Å². The highest BCUT2D eigenvalue weighted by Crippen LogP contribution is 2.63. The van der Waals surface area contributed by atoms with Gasteiger partial charge in [0, 0.05) is 7.11 Å². The highest BCUT2D eigenvalue weighted by molar-refractivity contribution is 6.05. The summed E-state index contributed by atoms with van der Waals surface area (Å²) in [6.45, 7) is 0.00514. The number of hydrogen-bond donors (Lipinski definition) is 0. The van der Waals surface area contributed by atoms with Crippen LogP contribution in [0.25, 0.3) is 0 Å². The van der Waals surface area contributed by atoms with Crippen LogP contribution in [0.1, 0.15) is 38.5 Å². The molecule has 0 saturated heterocycles. The second kappa shape index (κ2) is 4.41. The first kappa shape index (κ1) is 12.6. The Bertz CT molecular complexity index is 320. The largest absolute Gasteiger partial charge is 0.468 e. The molecule has 0 bridgehead atoms. The van der Waals surface area contributed by atoms with E-state index < -0.39 is 5.41 Å². The molecule has 1 spiro atoms. The van der Waals surface area contributed by atoms with E-state index in [0.717, 1.165) is 12.8 Å². The second-order valence-electron chi connectivity index (χ2n) is 5.49. The Labute approximate surface area is 102 Å². The molecule has 2 rings (SSSR count). The lowest BCUT2D eigenvalue weighted by molar-refractivity contribution is -0.177. The van der Waals surface area contributed by atoms with Crippen LogP contribution in [0.4, 0.5) is 0 Å². The highest BCUT2D eigenvalue weighted by atomic mass is 16.5. The Morgan fingerprint density at radius 2 is 1.71 bits per heavy atom. The van der Waals surface area contributed by atoms with Gasteiger partial charge in [0.05, 0.1) is 7.11 Å². The number of carbonyl (C=O) groups is 2. The Balaban J connectivity index is 2.12. The van der Waals surface area contributed by atoms with E-state index in [1.165, 1.54) is 27.1 Å². The quantitative estimate of drug-likeness (QED) is 0.554. The third-order valence-corrected chi connectivity index (χ3v) is 4.40. The second-order valence-corrected chi connectivity index (χ2v) is 5.49. The molecule has 0 amide bonds. The predicted octanol–water partition coefficient (Wildman–Crippen LogP) is 1.72. The number of ether oxygens (including phenoxy) is 2. The van der Waals surface area contributed by atoms with Crippen molar-refractivity contribution in [1.29, 1.82) is 0 Å². The number of ketones is 1. The summed E-state index contributed by atoms with van der Waals surface area (Å²) in [4.78, 5) is 23.9. The van der Waals surface area contributed by atoms with Gasteiger partial charge in [0.2, 0.25) is 0 Å². The summed E-state index contributed by atoms with van der Waals surface area (Å²) >= 11 is 0. The average Bonchev–Trinajstić information content (AvgIpc) is 2.74. The van der Waals surface area contributed by atoms with Crippen LogP contribution in [0, 0.1) is 10.8 Å². The van der Waals surface area contributed by atoms with Crippen molar-refractivity contribution in [2.45, 2.75) is 38.5 Å². The fourth-order valence-electron chi connectivity index (χ4n) is 3.63. The minimum atomic E-state index is -0.908. The predicted molar refractivity (Wildman–Crippen MR) is 61.5 cm³/mol. The monoisotopic (exact) mass is 240 g/mol. The zero-order chi connectivity index (χ0) is 12.5. The van der Waals surface area contributed by atoms with Crippen molar-refractivity contribution in [3.05, 3.63) is 0 Å². The first-order valence-electron chi connectivity index (χ1n) is 6.19. The summed E-state index contributed by atoms with van der Waals surface area (Å²) in [5.74, 6) is -0.499. The van der Waals surface area contributed by atoms with Crippen molar-refractivity contribution in [3.8, 4) is 0 Å². The maximum atomic E-state index is 12.1. The van der Waals surface area contributed by atoms with Crippen LogP contribution in [0.5, 0.6) is 0 Å². The van der Waals surface area contributed by atoms with Gasteiger partial charge in [-0.15, -0.1) is 0 Å². The Kier molecular flexibility index (Phi) is 3.25. The van der Waals surface area contributed by atoms with Gasteiger partial charge in [0.15, 0.2) is 5.78 Å². The van der Waals surface area contributed by atoms with E-state index in [4.69, 9.17) is 9.47 Å². The fourth-order valence-corrected chi connectivity index (χ4v) is 3.63. The molecule has 2 aliphatic rings. The molecule has 2 saturated carbocycles. The maximum Gasteiger partial charge on any atom is 0.319 e. The van der Waals surface area contributed by atoms with E-state index in [9.17, 15) is 9.59 Å². The Morgan fingerprint density at radius 1 is 1.12 bits per heavy atom. The first-order valence-corrected chi connectivity index (χ1v) is 6.19. The van der Waals surface area contributed by atoms with E-state index in [0.29, 0.717) is 12.8 Å². The van der Waals surface area contributed by atoms with Crippen LogP contribution >= 0.6 is 0 Å². The van der Waals surface area contributed by atoms with Gasteiger partial charge < -0.3 is 9.47 Å². The third kappa shape index (κ3) is 1.88. The highest BCUT2D eigenvalue weighted by Gasteiger charge is 2.63. The summed E-state index contributed by atoms with van der Waals surface area (Å²) in [6, 6.07) is 0. The number of methoxy groups -OCH3 is 2. The normalized spacial score (nSPS) is 24.4. The summed E-state index contributed by atoms with van der Waals surface area (Å²) < 4.78 is 9.69. The molecule has 4 nitrogen and oxygen atoms in total. The number of carbonyl (C=O) groups excluding carboxylic acids is 2. The standard InChI is InChI=1S/C13H20O4/c1-16-7-10(14)13(11(15)17-2)8-12(9-13)5-3-4-6-12/h3-9H2,1-2H3. The van der Waals surface area contributed by atoms with Gasteiger partial charge in [-0.2, -0.15) is 0 Å². The van der Waals surface area contributed by atoms with E-state index in [1.54, 1.807) is 0 Å². The SMILES string of the molecule is COCC(=O)C1(C(=O)OC)CC2(CCCC2)C1. The number of rotatable bonds is 4. The number of esters is 1. The number of Topliss-reactive ketones (excluding diaryl/α,β-unsaturated/α-hetero) is 1. The molecular weight excluding hydrogens is 220 g/mol. The lowest BCUT2D eigenvalue weighted by Gasteiger charge is -2.51. The zero-order valence-electron chi connectivity index (χ0n) is 10.6.